The van der Waals surface area contributed by atoms with E-state index in [2.05, 4.69) is 0 Å². The van der Waals surface area contributed by atoms with Crippen LogP contribution in [0.2, 0.25) is 0 Å². The van der Waals surface area contributed by atoms with Crippen molar-refractivity contribution < 1.29 is 28.3 Å². The molecule has 0 fully saturated rings. The summed E-state index contributed by atoms with van der Waals surface area (Å²) in [4.78, 5) is 23.1. The van der Waals surface area contributed by atoms with Gasteiger partial charge in [-0.15, -0.1) is 0 Å². The van der Waals surface area contributed by atoms with Crippen molar-refractivity contribution in [2.45, 2.75) is 33.5 Å². The van der Waals surface area contributed by atoms with E-state index in [1.165, 1.54) is 12.1 Å². The van der Waals surface area contributed by atoms with Gasteiger partial charge in [-0.1, -0.05) is 0 Å². The van der Waals surface area contributed by atoms with Gasteiger partial charge in [0.25, 0.3) is 5.69 Å². The summed E-state index contributed by atoms with van der Waals surface area (Å²) < 4.78 is 21.6. The molecule has 1 aromatic heterocycles. The van der Waals surface area contributed by atoms with Crippen molar-refractivity contribution in [2.75, 3.05) is 6.79 Å². The smallest absolute Gasteiger partial charge is 0.310 e. The fraction of sp³-hybridized carbons (Fsp3) is 0.286. The molecule has 1 aliphatic rings. The third-order valence-electron chi connectivity index (χ3n) is 4.98. The van der Waals surface area contributed by atoms with E-state index in [-0.39, 0.29) is 32.1 Å². The zero-order chi connectivity index (χ0) is 20.5. The van der Waals surface area contributed by atoms with Crippen molar-refractivity contribution in [3.05, 3.63) is 68.5 Å². The Labute approximate surface area is 166 Å². The molecule has 0 unspecified atom stereocenters. The lowest BCUT2D eigenvalue weighted by Gasteiger charge is -2.20. The second kappa shape index (κ2) is 7.56. The molecule has 2 heterocycles. The van der Waals surface area contributed by atoms with Crippen molar-refractivity contribution in [2.24, 2.45) is 0 Å². The summed E-state index contributed by atoms with van der Waals surface area (Å²) in [7, 11) is 0. The lowest BCUT2D eigenvalue weighted by molar-refractivity contribution is -0.385. The van der Waals surface area contributed by atoms with Crippen LogP contribution in [0.15, 0.2) is 34.9 Å². The maximum absolute atomic E-state index is 12.4. The Morgan fingerprint density at radius 2 is 1.97 bits per heavy atom. The number of nitro benzene ring substituents is 1. The van der Waals surface area contributed by atoms with Crippen LogP contribution in [0.5, 0.6) is 5.75 Å². The Kier molecular flexibility index (Phi) is 4.94. The molecule has 29 heavy (non-hydrogen) atoms. The summed E-state index contributed by atoms with van der Waals surface area (Å²) in [6, 6.07) is 6.69. The highest BCUT2D eigenvalue weighted by Gasteiger charge is 2.22. The lowest BCUT2D eigenvalue weighted by atomic mass is 10.0. The standard InChI is InChI=1S/C21H19NO7/c1-12-3-18-14(9-27-19(18)4-13(12)2)7-20(23)28-10-16-6-17(22(24)25)5-15-8-26-11-29-21(15)16/h3-6,9H,7-8,10-11H2,1-2H3. The van der Waals surface area contributed by atoms with Gasteiger partial charge in [0.15, 0.2) is 6.79 Å². The monoisotopic (exact) mass is 397 g/mol. The van der Waals surface area contributed by atoms with Crippen LogP contribution in [-0.4, -0.2) is 17.7 Å². The van der Waals surface area contributed by atoms with Crippen LogP contribution in [0.4, 0.5) is 5.69 Å². The van der Waals surface area contributed by atoms with Crippen LogP contribution >= 0.6 is 0 Å². The minimum atomic E-state index is -0.498. The Morgan fingerprint density at radius 1 is 1.17 bits per heavy atom. The normalized spacial score (nSPS) is 13.0. The number of nitrogens with zero attached hydrogens (tertiary/aromatic N) is 1. The first-order chi connectivity index (χ1) is 13.9. The van der Waals surface area contributed by atoms with E-state index in [0.717, 1.165) is 27.7 Å². The number of rotatable bonds is 5. The van der Waals surface area contributed by atoms with Crippen LogP contribution in [0.25, 0.3) is 11.0 Å². The largest absolute Gasteiger partial charge is 0.467 e. The first kappa shape index (κ1) is 18.9. The van der Waals surface area contributed by atoms with E-state index < -0.39 is 10.9 Å². The highest BCUT2D eigenvalue weighted by atomic mass is 16.7. The minimum absolute atomic E-state index is 0.0383. The van der Waals surface area contributed by atoms with Gasteiger partial charge in [0, 0.05) is 34.2 Å². The van der Waals surface area contributed by atoms with Gasteiger partial charge in [0.05, 0.1) is 24.2 Å². The molecule has 2 aromatic carbocycles. The topological polar surface area (TPSA) is 101 Å². The SMILES string of the molecule is Cc1cc2occ(CC(=O)OCc3cc([N+](=O)[O-])cc4c3OCOC4)c2cc1C. The number of esters is 1. The number of fused-ring (bicyclic) bond motifs is 2. The first-order valence-electron chi connectivity index (χ1n) is 9.06. The van der Waals surface area contributed by atoms with Gasteiger partial charge in [-0.3, -0.25) is 14.9 Å². The quantitative estimate of drug-likeness (QED) is 0.363. The molecular formula is C21H19NO7. The summed E-state index contributed by atoms with van der Waals surface area (Å²) in [6.07, 6.45) is 1.59. The summed E-state index contributed by atoms with van der Waals surface area (Å²) in [5, 5.41) is 12.0. The maximum Gasteiger partial charge on any atom is 0.310 e. The first-order valence-corrected chi connectivity index (χ1v) is 9.06. The Hall–Kier alpha value is -3.39. The van der Waals surface area contributed by atoms with Gasteiger partial charge in [-0.05, 0) is 37.1 Å². The number of furan rings is 1. The molecule has 4 rings (SSSR count). The predicted molar refractivity (Wildman–Crippen MR) is 103 cm³/mol. The lowest BCUT2D eigenvalue weighted by Crippen LogP contribution is -2.15. The molecule has 0 atom stereocenters. The third-order valence-corrected chi connectivity index (χ3v) is 4.98. The van der Waals surface area contributed by atoms with Crippen LogP contribution < -0.4 is 4.74 Å². The maximum atomic E-state index is 12.4. The fourth-order valence-electron chi connectivity index (χ4n) is 3.33. The van der Waals surface area contributed by atoms with E-state index in [4.69, 9.17) is 18.6 Å². The minimum Gasteiger partial charge on any atom is -0.467 e. The highest BCUT2D eigenvalue weighted by Crippen LogP contribution is 2.33. The zero-order valence-corrected chi connectivity index (χ0v) is 16.0. The molecule has 8 heteroatoms. The molecule has 0 aliphatic carbocycles. The van der Waals surface area contributed by atoms with Gasteiger partial charge in [-0.2, -0.15) is 0 Å². The molecule has 150 valence electrons. The average molecular weight is 397 g/mol. The van der Waals surface area contributed by atoms with Crippen LogP contribution in [0.3, 0.4) is 0 Å². The van der Waals surface area contributed by atoms with Gasteiger partial charge < -0.3 is 18.6 Å². The molecule has 0 bridgehead atoms. The Bertz CT molecular complexity index is 1120. The second-order valence-corrected chi connectivity index (χ2v) is 6.99. The van der Waals surface area contributed by atoms with Crippen LogP contribution in [0.1, 0.15) is 27.8 Å². The van der Waals surface area contributed by atoms with E-state index in [9.17, 15) is 14.9 Å². The van der Waals surface area contributed by atoms with Gasteiger partial charge in [-0.25, -0.2) is 0 Å². The molecule has 3 aromatic rings. The van der Waals surface area contributed by atoms with Crippen molar-refractivity contribution in [1.29, 1.82) is 0 Å². The highest BCUT2D eigenvalue weighted by molar-refractivity contribution is 5.86. The molecule has 8 nitrogen and oxygen atoms in total. The Morgan fingerprint density at radius 3 is 2.76 bits per heavy atom. The average Bonchev–Trinajstić information content (AvgIpc) is 3.07. The number of nitro groups is 1. The number of carbonyl (C=O) groups is 1. The number of hydrogen-bond donors (Lipinski definition) is 0. The van der Waals surface area contributed by atoms with Gasteiger partial charge in [0.1, 0.15) is 17.9 Å². The van der Waals surface area contributed by atoms with Crippen molar-refractivity contribution in [3.8, 4) is 5.75 Å². The van der Waals surface area contributed by atoms with E-state index >= 15 is 0 Å². The van der Waals surface area contributed by atoms with E-state index in [0.29, 0.717) is 16.9 Å². The van der Waals surface area contributed by atoms with Crippen molar-refractivity contribution in [1.82, 2.24) is 0 Å². The zero-order valence-electron chi connectivity index (χ0n) is 16.0. The fourth-order valence-corrected chi connectivity index (χ4v) is 3.33. The second-order valence-electron chi connectivity index (χ2n) is 6.99. The summed E-state index contributed by atoms with van der Waals surface area (Å²) in [5.41, 5.74) is 4.57. The number of aryl methyl sites for hydroxylation is 2. The molecular weight excluding hydrogens is 378 g/mol. The number of ether oxygens (including phenoxy) is 3. The third kappa shape index (κ3) is 3.79. The number of non-ortho nitro benzene ring substituents is 1. The number of benzene rings is 2. The summed E-state index contributed by atoms with van der Waals surface area (Å²) in [5.74, 6) is 0.00718. The summed E-state index contributed by atoms with van der Waals surface area (Å²) in [6.45, 7) is 4.12. The van der Waals surface area contributed by atoms with E-state index in [1.54, 1.807) is 6.26 Å². The van der Waals surface area contributed by atoms with Gasteiger partial charge in [0.2, 0.25) is 0 Å². The van der Waals surface area contributed by atoms with Gasteiger partial charge >= 0.3 is 5.97 Å². The van der Waals surface area contributed by atoms with Crippen molar-refractivity contribution >= 4 is 22.6 Å². The van der Waals surface area contributed by atoms with Crippen molar-refractivity contribution in [3.63, 3.8) is 0 Å². The van der Waals surface area contributed by atoms with E-state index in [1.807, 2.05) is 26.0 Å². The molecule has 0 amide bonds. The molecule has 1 aliphatic heterocycles. The molecule has 0 saturated carbocycles. The molecule has 0 saturated heterocycles. The Balaban J connectivity index is 1.51. The number of carbonyl (C=O) groups excluding carboxylic acids is 1. The predicted octanol–water partition coefficient (Wildman–Crippen LogP) is 4.11. The van der Waals surface area contributed by atoms with Crippen LogP contribution in [0, 0.1) is 24.0 Å². The molecule has 0 radical (unpaired) electrons. The molecule has 0 spiro atoms. The summed E-state index contributed by atoms with van der Waals surface area (Å²) >= 11 is 0. The molecule has 0 N–H and O–H groups in total. The van der Waals surface area contributed by atoms with Crippen LogP contribution in [-0.2, 0) is 33.9 Å². The number of hydrogen-bond acceptors (Lipinski definition) is 7.